The van der Waals surface area contributed by atoms with Gasteiger partial charge in [0.2, 0.25) is 0 Å². The molecule has 0 spiro atoms. The Hall–Kier alpha value is -2.37. The molecule has 0 aliphatic rings. The number of ether oxygens (including phenoxy) is 1. The molecule has 88 valence electrons. The van der Waals surface area contributed by atoms with Crippen LogP contribution in [0.1, 0.15) is 5.82 Å². The predicted molar refractivity (Wildman–Crippen MR) is 57.6 cm³/mol. The van der Waals surface area contributed by atoms with Crippen LogP contribution in [0.15, 0.2) is 28.8 Å². The monoisotopic (exact) mass is 234 g/mol. The molecule has 2 aromatic rings. The van der Waals surface area contributed by atoms with Gasteiger partial charge in [0.05, 0.1) is 12.7 Å². The van der Waals surface area contributed by atoms with Gasteiger partial charge in [0.25, 0.3) is 5.89 Å². The van der Waals surface area contributed by atoms with E-state index in [9.17, 15) is 4.79 Å². The third kappa shape index (κ3) is 2.41. The highest BCUT2D eigenvalue weighted by Crippen LogP contribution is 2.27. The van der Waals surface area contributed by atoms with E-state index >= 15 is 0 Å². The molecule has 6 heteroatoms. The van der Waals surface area contributed by atoms with E-state index in [0.29, 0.717) is 11.3 Å². The number of hydrogen-bond donors (Lipinski definition) is 1. The minimum absolute atomic E-state index is 0.137. The number of carboxylic acids is 1. The van der Waals surface area contributed by atoms with Gasteiger partial charge in [-0.2, -0.15) is 4.98 Å². The minimum atomic E-state index is -1.00. The lowest BCUT2D eigenvalue weighted by Gasteiger charge is -2.02. The van der Waals surface area contributed by atoms with Crippen molar-refractivity contribution in [3.05, 3.63) is 30.1 Å². The van der Waals surface area contributed by atoms with E-state index in [1.165, 1.54) is 7.11 Å². The Bertz CT molecular complexity index is 536. The van der Waals surface area contributed by atoms with Gasteiger partial charge in [-0.1, -0.05) is 17.3 Å². The highest BCUT2D eigenvalue weighted by molar-refractivity contribution is 5.69. The van der Waals surface area contributed by atoms with Gasteiger partial charge in [0, 0.05) is 0 Å². The van der Waals surface area contributed by atoms with Crippen LogP contribution in [0.3, 0.4) is 0 Å². The molecule has 6 nitrogen and oxygen atoms in total. The lowest BCUT2D eigenvalue weighted by Crippen LogP contribution is -2.01. The van der Waals surface area contributed by atoms with Gasteiger partial charge in [-0.3, -0.25) is 4.79 Å². The molecule has 1 heterocycles. The van der Waals surface area contributed by atoms with Gasteiger partial charge in [-0.25, -0.2) is 0 Å². The van der Waals surface area contributed by atoms with Crippen LogP contribution in [-0.2, 0) is 11.2 Å². The average molecular weight is 234 g/mol. The molecular formula is C11H10N2O4. The SMILES string of the molecule is COc1ccccc1-c1nc(CC(=O)O)no1. The summed E-state index contributed by atoms with van der Waals surface area (Å²) < 4.78 is 10.1. The summed E-state index contributed by atoms with van der Waals surface area (Å²) in [4.78, 5) is 14.5. The van der Waals surface area contributed by atoms with E-state index in [1.54, 1.807) is 18.2 Å². The van der Waals surface area contributed by atoms with Crippen molar-refractivity contribution in [3.8, 4) is 17.2 Å². The van der Waals surface area contributed by atoms with E-state index in [2.05, 4.69) is 10.1 Å². The standard InChI is InChI=1S/C11H10N2O4/c1-16-8-5-3-2-4-7(8)11-12-9(13-17-11)6-10(14)15/h2-5H,6H2,1H3,(H,14,15). The van der Waals surface area contributed by atoms with E-state index in [0.717, 1.165) is 0 Å². The van der Waals surface area contributed by atoms with Crippen LogP contribution < -0.4 is 4.74 Å². The summed E-state index contributed by atoms with van der Waals surface area (Å²) in [5.74, 6) is -0.0208. The zero-order valence-corrected chi connectivity index (χ0v) is 9.08. The fourth-order valence-corrected chi connectivity index (χ4v) is 1.39. The summed E-state index contributed by atoms with van der Waals surface area (Å²) in [5, 5.41) is 12.2. The molecule has 1 aromatic heterocycles. The second-order valence-electron chi connectivity index (χ2n) is 3.29. The van der Waals surface area contributed by atoms with Crippen LogP contribution in [0.25, 0.3) is 11.5 Å². The summed E-state index contributed by atoms with van der Waals surface area (Å²) >= 11 is 0. The lowest BCUT2D eigenvalue weighted by atomic mass is 10.2. The van der Waals surface area contributed by atoms with E-state index in [4.69, 9.17) is 14.4 Å². The van der Waals surface area contributed by atoms with Gasteiger partial charge in [0.15, 0.2) is 5.82 Å². The molecule has 17 heavy (non-hydrogen) atoms. The van der Waals surface area contributed by atoms with Gasteiger partial charge < -0.3 is 14.4 Å². The summed E-state index contributed by atoms with van der Waals surface area (Å²) in [6.07, 6.45) is -0.265. The smallest absolute Gasteiger partial charge is 0.311 e. The summed E-state index contributed by atoms with van der Waals surface area (Å²) in [5.41, 5.74) is 0.638. The largest absolute Gasteiger partial charge is 0.496 e. The number of methoxy groups -OCH3 is 1. The van der Waals surface area contributed by atoms with Crippen molar-refractivity contribution in [2.24, 2.45) is 0 Å². The number of rotatable bonds is 4. The van der Waals surface area contributed by atoms with Crippen molar-refractivity contribution < 1.29 is 19.2 Å². The van der Waals surface area contributed by atoms with Crippen LogP contribution in [0, 0.1) is 0 Å². The number of aromatic nitrogens is 2. The third-order valence-electron chi connectivity index (χ3n) is 2.11. The van der Waals surface area contributed by atoms with Crippen molar-refractivity contribution in [3.63, 3.8) is 0 Å². The third-order valence-corrected chi connectivity index (χ3v) is 2.11. The Balaban J connectivity index is 2.33. The van der Waals surface area contributed by atoms with Crippen molar-refractivity contribution in [2.75, 3.05) is 7.11 Å². The van der Waals surface area contributed by atoms with Crippen LogP contribution in [-0.4, -0.2) is 28.3 Å². The highest BCUT2D eigenvalue weighted by atomic mass is 16.5. The normalized spacial score (nSPS) is 10.2. The average Bonchev–Trinajstić information content (AvgIpc) is 2.76. The van der Waals surface area contributed by atoms with Crippen LogP contribution in [0.5, 0.6) is 5.75 Å². The number of aliphatic carboxylic acids is 1. The first-order chi connectivity index (χ1) is 8.20. The number of para-hydroxylation sites is 1. The first kappa shape index (κ1) is 11.1. The second kappa shape index (κ2) is 4.65. The topological polar surface area (TPSA) is 85.5 Å². The van der Waals surface area contributed by atoms with E-state index in [1.807, 2.05) is 6.07 Å². The summed E-state index contributed by atoms with van der Waals surface area (Å²) in [7, 11) is 1.54. The summed E-state index contributed by atoms with van der Waals surface area (Å²) in [6, 6.07) is 7.14. The molecule has 0 saturated carbocycles. The maximum Gasteiger partial charge on any atom is 0.311 e. The van der Waals surface area contributed by atoms with Crippen LogP contribution in [0.2, 0.25) is 0 Å². The molecular weight excluding hydrogens is 224 g/mol. The Labute approximate surface area is 96.8 Å². The Morgan fingerprint density at radius 2 is 2.24 bits per heavy atom. The van der Waals surface area contributed by atoms with Gasteiger partial charge in [-0.15, -0.1) is 0 Å². The van der Waals surface area contributed by atoms with E-state index in [-0.39, 0.29) is 18.1 Å². The minimum Gasteiger partial charge on any atom is -0.496 e. The fourth-order valence-electron chi connectivity index (χ4n) is 1.39. The molecule has 0 atom stereocenters. The maximum atomic E-state index is 10.5. The molecule has 0 amide bonds. The van der Waals surface area contributed by atoms with Crippen LogP contribution in [0.4, 0.5) is 0 Å². The fraction of sp³-hybridized carbons (Fsp3) is 0.182. The molecule has 0 aliphatic carbocycles. The molecule has 0 radical (unpaired) electrons. The van der Waals surface area contributed by atoms with Gasteiger partial charge in [-0.05, 0) is 12.1 Å². The first-order valence-electron chi connectivity index (χ1n) is 4.88. The van der Waals surface area contributed by atoms with E-state index < -0.39 is 5.97 Å². The number of carbonyl (C=O) groups is 1. The second-order valence-corrected chi connectivity index (χ2v) is 3.29. The number of carboxylic acid groups (broad SMARTS) is 1. The Morgan fingerprint density at radius 1 is 1.47 bits per heavy atom. The first-order valence-corrected chi connectivity index (χ1v) is 4.88. The number of benzene rings is 1. The highest BCUT2D eigenvalue weighted by Gasteiger charge is 2.14. The Morgan fingerprint density at radius 3 is 2.94 bits per heavy atom. The molecule has 1 aromatic carbocycles. The van der Waals surface area contributed by atoms with Gasteiger partial charge >= 0.3 is 5.97 Å². The zero-order valence-electron chi connectivity index (χ0n) is 9.08. The van der Waals surface area contributed by atoms with Gasteiger partial charge in [0.1, 0.15) is 12.2 Å². The van der Waals surface area contributed by atoms with Crippen LogP contribution >= 0.6 is 0 Å². The molecule has 2 rings (SSSR count). The number of hydrogen-bond acceptors (Lipinski definition) is 5. The maximum absolute atomic E-state index is 10.5. The lowest BCUT2D eigenvalue weighted by molar-refractivity contribution is -0.136. The van der Waals surface area contributed by atoms with Crippen molar-refractivity contribution in [1.29, 1.82) is 0 Å². The molecule has 0 saturated heterocycles. The van der Waals surface area contributed by atoms with Crippen molar-refractivity contribution >= 4 is 5.97 Å². The zero-order chi connectivity index (χ0) is 12.3. The molecule has 0 unspecified atom stereocenters. The number of nitrogens with zero attached hydrogens (tertiary/aromatic N) is 2. The van der Waals surface area contributed by atoms with Crippen molar-refractivity contribution in [2.45, 2.75) is 6.42 Å². The predicted octanol–water partition coefficient (Wildman–Crippen LogP) is 1.37. The molecule has 0 fully saturated rings. The van der Waals surface area contributed by atoms with Crippen molar-refractivity contribution in [1.82, 2.24) is 10.1 Å². The molecule has 0 aliphatic heterocycles. The molecule has 0 bridgehead atoms. The quantitative estimate of drug-likeness (QED) is 0.859. The Kier molecular flexibility index (Phi) is 3.04. The molecule has 1 N–H and O–H groups in total. The summed E-state index contributed by atoms with van der Waals surface area (Å²) in [6.45, 7) is 0.